The Morgan fingerprint density at radius 3 is 2.73 bits per heavy atom. The third-order valence-electron chi connectivity index (χ3n) is 3.72. The summed E-state index contributed by atoms with van der Waals surface area (Å²) in [7, 11) is 1.39. The summed E-state index contributed by atoms with van der Waals surface area (Å²) in [6.07, 6.45) is 5.49. The van der Waals surface area contributed by atoms with Gasteiger partial charge in [-0.15, -0.1) is 0 Å². The first-order chi connectivity index (χ1) is 7.20. The van der Waals surface area contributed by atoms with Crippen molar-refractivity contribution in [3.8, 4) is 0 Å². The van der Waals surface area contributed by atoms with Crippen LogP contribution in [0.4, 0.5) is 0 Å². The Morgan fingerprint density at radius 2 is 2.27 bits per heavy atom. The van der Waals surface area contributed by atoms with Crippen LogP contribution in [0.1, 0.15) is 32.1 Å². The van der Waals surface area contributed by atoms with Gasteiger partial charge in [-0.3, -0.25) is 4.79 Å². The number of hydrogen-bond donors (Lipinski definition) is 1. The third-order valence-corrected chi connectivity index (χ3v) is 3.72. The second-order valence-electron chi connectivity index (χ2n) is 4.59. The zero-order chi connectivity index (χ0) is 10.9. The number of methoxy groups -OCH3 is 1. The fourth-order valence-electron chi connectivity index (χ4n) is 2.53. The van der Waals surface area contributed by atoms with E-state index in [1.807, 2.05) is 0 Å². The van der Waals surface area contributed by atoms with E-state index in [-0.39, 0.29) is 17.5 Å². The lowest BCUT2D eigenvalue weighted by Crippen LogP contribution is -2.47. The van der Waals surface area contributed by atoms with Gasteiger partial charge in [0.25, 0.3) is 0 Å². The van der Waals surface area contributed by atoms with Crippen LogP contribution >= 0.6 is 0 Å². The van der Waals surface area contributed by atoms with Crippen LogP contribution in [0.25, 0.3) is 0 Å². The quantitative estimate of drug-likeness (QED) is 0.705. The lowest BCUT2D eigenvalue weighted by Gasteiger charge is -2.33. The summed E-state index contributed by atoms with van der Waals surface area (Å²) in [6.45, 7) is 0.806. The van der Waals surface area contributed by atoms with Gasteiger partial charge in [0, 0.05) is 12.0 Å². The number of carbonyl (C=O) groups excluding carboxylic acids is 1. The highest BCUT2D eigenvalue weighted by Crippen LogP contribution is 2.54. The molecule has 2 N–H and O–H groups in total. The fraction of sp³-hybridized carbons (Fsp3) is 0.909. The van der Waals surface area contributed by atoms with Crippen molar-refractivity contribution in [1.82, 2.24) is 0 Å². The predicted molar refractivity (Wildman–Crippen MR) is 55.2 cm³/mol. The molecule has 2 aliphatic rings. The van der Waals surface area contributed by atoms with Gasteiger partial charge in [-0.2, -0.15) is 0 Å². The monoisotopic (exact) mass is 213 g/mol. The molecule has 1 saturated carbocycles. The average Bonchev–Trinajstić information content (AvgIpc) is 3.09. The molecule has 2 atom stereocenters. The van der Waals surface area contributed by atoms with Crippen molar-refractivity contribution >= 4 is 5.97 Å². The molecule has 1 aliphatic carbocycles. The molecule has 0 radical (unpaired) electrons. The standard InChI is InChI=1S/C11H19NO3/c1-14-10(13)9(12)11(5-6-11)8-4-2-3-7-15-8/h8-9H,2-7,12H2,1H3. The van der Waals surface area contributed by atoms with Crippen molar-refractivity contribution in [2.75, 3.05) is 13.7 Å². The van der Waals surface area contributed by atoms with Crippen LogP contribution in [-0.2, 0) is 14.3 Å². The van der Waals surface area contributed by atoms with Crippen molar-refractivity contribution in [3.63, 3.8) is 0 Å². The minimum absolute atomic E-state index is 0.118. The number of carbonyl (C=O) groups is 1. The maximum atomic E-state index is 11.4. The number of esters is 1. The van der Waals surface area contributed by atoms with Crippen LogP contribution in [0.3, 0.4) is 0 Å². The van der Waals surface area contributed by atoms with Crippen LogP contribution in [0.5, 0.6) is 0 Å². The molecule has 0 bridgehead atoms. The fourth-order valence-corrected chi connectivity index (χ4v) is 2.53. The molecule has 2 rings (SSSR count). The van der Waals surface area contributed by atoms with E-state index in [1.54, 1.807) is 0 Å². The van der Waals surface area contributed by atoms with Crippen molar-refractivity contribution in [1.29, 1.82) is 0 Å². The highest BCUT2D eigenvalue weighted by atomic mass is 16.5. The number of rotatable bonds is 3. The molecule has 0 spiro atoms. The molecular formula is C11H19NO3. The molecule has 86 valence electrons. The molecule has 15 heavy (non-hydrogen) atoms. The van der Waals surface area contributed by atoms with Crippen LogP contribution < -0.4 is 5.73 Å². The van der Waals surface area contributed by atoms with Crippen molar-refractivity contribution in [2.24, 2.45) is 11.1 Å². The van der Waals surface area contributed by atoms with E-state index in [4.69, 9.17) is 15.2 Å². The van der Waals surface area contributed by atoms with E-state index in [0.717, 1.165) is 32.3 Å². The third kappa shape index (κ3) is 1.88. The van der Waals surface area contributed by atoms with E-state index in [0.29, 0.717) is 0 Å². The largest absolute Gasteiger partial charge is 0.468 e. The minimum atomic E-state index is -0.509. The molecule has 1 aliphatic heterocycles. The molecule has 0 aromatic rings. The van der Waals surface area contributed by atoms with Gasteiger partial charge in [0.05, 0.1) is 13.2 Å². The van der Waals surface area contributed by atoms with Gasteiger partial charge in [-0.25, -0.2) is 0 Å². The summed E-state index contributed by atoms with van der Waals surface area (Å²) in [6, 6.07) is -0.509. The second-order valence-corrected chi connectivity index (χ2v) is 4.59. The van der Waals surface area contributed by atoms with Crippen LogP contribution in [-0.4, -0.2) is 31.8 Å². The SMILES string of the molecule is COC(=O)C(N)C1(C2CCCCO2)CC1. The smallest absolute Gasteiger partial charge is 0.323 e. The minimum Gasteiger partial charge on any atom is -0.468 e. The van der Waals surface area contributed by atoms with Gasteiger partial charge < -0.3 is 15.2 Å². The highest BCUT2D eigenvalue weighted by molar-refractivity contribution is 5.77. The van der Waals surface area contributed by atoms with E-state index in [1.165, 1.54) is 13.5 Å². The summed E-state index contributed by atoms with van der Waals surface area (Å²) in [5.74, 6) is -0.304. The van der Waals surface area contributed by atoms with Crippen LogP contribution in [0, 0.1) is 5.41 Å². The Morgan fingerprint density at radius 1 is 1.53 bits per heavy atom. The molecular weight excluding hydrogens is 194 g/mol. The highest BCUT2D eigenvalue weighted by Gasteiger charge is 2.57. The molecule has 0 amide bonds. The van der Waals surface area contributed by atoms with Crippen molar-refractivity contribution in [2.45, 2.75) is 44.2 Å². The zero-order valence-electron chi connectivity index (χ0n) is 9.20. The topological polar surface area (TPSA) is 61.5 Å². The molecule has 1 saturated heterocycles. The van der Waals surface area contributed by atoms with Crippen LogP contribution in [0.2, 0.25) is 0 Å². The molecule has 2 fully saturated rings. The van der Waals surface area contributed by atoms with E-state index in [9.17, 15) is 4.79 Å². The maximum absolute atomic E-state index is 11.4. The van der Waals surface area contributed by atoms with E-state index >= 15 is 0 Å². The molecule has 1 heterocycles. The summed E-state index contributed by atoms with van der Waals surface area (Å²) in [5, 5.41) is 0. The van der Waals surface area contributed by atoms with Crippen LogP contribution in [0.15, 0.2) is 0 Å². The zero-order valence-corrected chi connectivity index (χ0v) is 9.20. The first-order valence-corrected chi connectivity index (χ1v) is 5.66. The molecule has 0 aromatic carbocycles. The predicted octanol–water partition coefficient (Wildman–Crippen LogP) is 0.836. The Bertz CT molecular complexity index is 244. The average molecular weight is 213 g/mol. The molecule has 2 unspecified atom stereocenters. The van der Waals surface area contributed by atoms with E-state index in [2.05, 4.69) is 0 Å². The Labute approximate surface area is 90.1 Å². The van der Waals surface area contributed by atoms with E-state index < -0.39 is 6.04 Å². The molecule has 4 nitrogen and oxygen atoms in total. The first kappa shape index (κ1) is 10.9. The van der Waals surface area contributed by atoms with Gasteiger partial charge >= 0.3 is 5.97 Å². The Balaban J connectivity index is 2.02. The van der Waals surface area contributed by atoms with Gasteiger partial charge in [-0.1, -0.05) is 0 Å². The summed E-state index contributed by atoms with van der Waals surface area (Å²) in [4.78, 5) is 11.4. The van der Waals surface area contributed by atoms with Gasteiger partial charge in [0.15, 0.2) is 0 Å². The molecule has 4 heteroatoms. The van der Waals surface area contributed by atoms with Gasteiger partial charge in [0.1, 0.15) is 6.04 Å². The Hall–Kier alpha value is -0.610. The molecule has 0 aromatic heterocycles. The van der Waals surface area contributed by atoms with Crippen molar-refractivity contribution in [3.05, 3.63) is 0 Å². The number of nitrogens with two attached hydrogens (primary N) is 1. The van der Waals surface area contributed by atoms with Crippen molar-refractivity contribution < 1.29 is 14.3 Å². The summed E-state index contributed by atoms with van der Waals surface area (Å²) < 4.78 is 10.4. The lowest BCUT2D eigenvalue weighted by molar-refractivity contribution is -0.147. The lowest BCUT2D eigenvalue weighted by atomic mass is 9.86. The maximum Gasteiger partial charge on any atom is 0.323 e. The first-order valence-electron chi connectivity index (χ1n) is 5.66. The Kier molecular flexibility index (Phi) is 2.98. The normalized spacial score (nSPS) is 30.7. The number of hydrogen-bond acceptors (Lipinski definition) is 4. The summed E-state index contributed by atoms with van der Waals surface area (Å²) >= 11 is 0. The second kappa shape index (κ2) is 4.10. The van der Waals surface area contributed by atoms with Gasteiger partial charge in [0.2, 0.25) is 0 Å². The van der Waals surface area contributed by atoms with Gasteiger partial charge in [-0.05, 0) is 32.1 Å². The summed E-state index contributed by atoms with van der Waals surface area (Å²) in [5.41, 5.74) is 5.83. The number of ether oxygens (including phenoxy) is 2.